The molecule has 0 aromatic heterocycles. The van der Waals surface area contributed by atoms with Crippen molar-refractivity contribution in [2.75, 3.05) is 6.61 Å². The van der Waals surface area contributed by atoms with Crippen LogP contribution in [-0.4, -0.2) is 17.8 Å². The first-order valence-electron chi connectivity index (χ1n) is 6.03. The molecule has 0 bridgehead atoms. The number of rotatable bonds is 4. The molecule has 4 heteroatoms. The summed E-state index contributed by atoms with van der Waals surface area (Å²) in [6.45, 7) is 0.0383. The van der Waals surface area contributed by atoms with Gasteiger partial charge in [0.1, 0.15) is 0 Å². The summed E-state index contributed by atoms with van der Waals surface area (Å²) in [5.74, 6) is 0. The van der Waals surface area contributed by atoms with Crippen LogP contribution in [0.15, 0.2) is 18.2 Å². The van der Waals surface area contributed by atoms with Crippen LogP contribution in [0, 0.1) is 0 Å². The van der Waals surface area contributed by atoms with Crippen LogP contribution in [0.3, 0.4) is 0 Å². The molecular formula is C13H17Cl2NO. The Morgan fingerprint density at radius 2 is 2.00 bits per heavy atom. The number of halogens is 2. The molecule has 1 aromatic rings. The average molecular weight is 274 g/mol. The molecule has 1 saturated carbocycles. The van der Waals surface area contributed by atoms with E-state index in [2.05, 4.69) is 5.32 Å². The highest BCUT2D eigenvalue weighted by atomic mass is 35.5. The molecule has 17 heavy (non-hydrogen) atoms. The van der Waals surface area contributed by atoms with Gasteiger partial charge in [0.2, 0.25) is 0 Å². The van der Waals surface area contributed by atoms with E-state index in [9.17, 15) is 5.11 Å². The van der Waals surface area contributed by atoms with Crippen LogP contribution in [0.5, 0.6) is 0 Å². The number of hydrogen-bond acceptors (Lipinski definition) is 2. The molecule has 94 valence electrons. The molecule has 2 N–H and O–H groups in total. The molecule has 0 aliphatic heterocycles. The van der Waals surface area contributed by atoms with E-state index in [1.165, 1.54) is 25.7 Å². The predicted octanol–water partition coefficient (Wildman–Crippen LogP) is 3.56. The third-order valence-electron chi connectivity index (χ3n) is 3.33. The van der Waals surface area contributed by atoms with Crippen LogP contribution >= 0.6 is 23.2 Å². The van der Waals surface area contributed by atoms with Gasteiger partial charge in [-0.15, -0.1) is 0 Å². The molecule has 0 radical (unpaired) electrons. The fourth-order valence-corrected chi connectivity index (χ4v) is 2.85. The van der Waals surface area contributed by atoms with Crippen LogP contribution in [-0.2, 0) is 0 Å². The molecule has 1 aromatic carbocycles. The average Bonchev–Trinajstić information content (AvgIpc) is 2.83. The van der Waals surface area contributed by atoms with E-state index in [1.807, 2.05) is 12.1 Å². The molecule has 1 aliphatic rings. The highest BCUT2D eigenvalue weighted by Gasteiger charge is 2.21. The van der Waals surface area contributed by atoms with Gasteiger partial charge in [0, 0.05) is 6.04 Å². The molecular weight excluding hydrogens is 257 g/mol. The standard InChI is InChI=1S/C13H17Cl2NO/c14-11-7-3-6-10(13(11)15)12(8-17)16-9-4-1-2-5-9/h3,6-7,9,12,16-17H,1-2,4-5,8H2. The van der Waals surface area contributed by atoms with Crippen LogP contribution in [0.25, 0.3) is 0 Å². The third kappa shape index (κ3) is 3.14. The third-order valence-corrected chi connectivity index (χ3v) is 4.17. The summed E-state index contributed by atoms with van der Waals surface area (Å²) < 4.78 is 0. The van der Waals surface area contributed by atoms with E-state index in [0.717, 1.165) is 5.56 Å². The zero-order valence-electron chi connectivity index (χ0n) is 9.63. The second-order valence-electron chi connectivity index (χ2n) is 4.53. The number of hydrogen-bond donors (Lipinski definition) is 2. The van der Waals surface area contributed by atoms with Gasteiger partial charge in [0.05, 0.1) is 22.7 Å². The Labute approximate surface area is 112 Å². The van der Waals surface area contributed by atoms with Crippen molar-refractivity contribution in [3.8, 4) is 0 Å². The molecule has 1 fully saturated rings. The highest BCUT2D eigenvalue weighted by Crippen LogP contribution is 2.31. The number of benzene rings is 1. The van der Waals surface area contributed by atoms with Crippen LogP contribution < -0.4 is 5.32 Å². The summed E-state index contributed by atoms with van der Waals surface area (Å²) in [6, 6.07) is 5.91. The van der Waals surface area contributed by atoms with Gasteiger partial charge in [-0.3, -0.25) is 0 Å². The summed E-state index contributed by atoms with van der Waals surface area (Å²) in [7, 11) is 0. The van der Waals surface area contributed by atoms with Crippen LogP contribution in [0.2, 0.25) is 10.0 Å². The van der Waals surface area contributed by atoms with E-state index in [4.69, 9.17) is 23.2 Å². The Kier molecular flexibility index (Phi) is 4.69. The minimum Gasteiger partial charge on any atom is -0.394 e. The quantitative estimate of drug-likeness (QED) is 0.879. The van der Waals surface area contributed by atoms with E-state index in [0.29, 0.717) is 16.1 Å². The first-order chi connectivity index (χ1) is 8.22. The van der Waals surface area contributed by atoms with Crippen LogP contribution in [0.1, 0.15) is 37.3 Å². The van der Waals surface area contributed by atoms with Crippen LogP contribution in [0.4, 0.5) is 0 Å². The zero-order valence-corrected chi connectivity index (χ0v) is 11.1. The zero-order chi connectivity index (χ0) is 12.3. The van der Waals surface area contributed by atoms with Gasteiger partial charge >= 0.3 is 0 Å². The lowest BCUT2D eigenvalue weighted by molar-refractivity contribution is 0.233. The van der Waals surface area contributed by atoms with E-state index in [-0.39, 0.29) is 12.6 Å². The minimum atomic E-state index is -0.121. The maximum atomic E-state index is 9.49. The Balaban J connectivity index is 2.13. The monoisotopic (exact) mass is 273 g/mol. The maximum absolute atomic E-state index is 9.49. The topological polar surface area (TPSA) is 32.3 Å². The molecule has 0 saturated heterocycles. The normalized spacial score (nSPS) is 18.5. The summed E-state index contributed by atoms with van der Waals surface area (Å²) in [5, 5.41) is 14.0. The molecule has 0 heterocycles. The van der Waals surface area contributed by atoms with E-state index in [1.54, 1.807) is 6.07 Å². The van der Waals surface area contributed by atoms with E-state index >= 15 is 0 Å². The van der Waals surface area contributed by atoms with Gasteiger partial charge in [0.15, 0.2) is 0 Å². The highest BCUT2D eigenvalue weighted by molar-refractivity contribution is 6.42. The van der Waals surface area contributed by atoms with Crippen molar-refractivity contribution in [3.05, 3.63) is 33.8 Å². The number of aliphatic hydroxyl groups excluding tert-OH is 1. The molecule has 0 spiro atoms. The second-order valence-corrected chi connectivity index (χ2v) is 5.31. The fraction of sp³-hybridized carbons (Fsp3) is 0.538. The first-order valence-corrected chi connectivity index (χ1v) is 6.78. The summed E-state index contributed by atoms with van der Waals surface area (Å²) in [5.41, 5.74) is 0.883. The summed E-state index contributed by atoms with van der Waals surface area (Å²) >= 11 is 12.2. The Morgan fingerprint density at radius 1 is 1.29 bits per heavy atom. The molecule has 2 nitrogen and oxygen atoms in total. The Morgan fingerprint density at radius 3 is 2.65 bits per heavy atom. The van der Waals surface area contributed by atoms with Gasteiger partial charge < -0.3 is 10.4 Å². The lowest BCUT2D eigenvalue weighted by atomic mass is 10.1. The Bertz CT molecular complexity index is 378. The van der Waals surface area contributed by atoms with Crippen molar-refractivity contribution < 1.29 is 5.11 Å². The minimum absolute atomic E-state index is 0.0383. The van der Waals surface area contributed by atoms with Gasteiger partial charge in [-0.1, -0.05) is 48.2 Å². The molecule has 0 amide bonds. The van der Waals surface area contributed by atoms with Gasteiger partial charge in [-0.2, -0.15) is 0 Å². The lowest BCUT2D eigenvalue weighted by Crippen LogP contribution is -2.32. The van der Waals surface area contributed by atoms with Crippen molar-refractivity contribution in [1.82, 2.24) is 5.32 Å². The van der Waals surface area contributed by atoms with Crippen molar-refractivity contribution in [3.63, 3.8) is 0 Å². The lowest BCUT2D eigenvalue weighted by Gasteiger charge is -2.22. The van der Waals surface area contributed by atoms with Crippen molar-refractivity contribution >= 4 is 23.2 Å². The molecule has 2 rings (SSSR count). The van der Waals surface area contributed by atoms with Crippen molar-refractivity contribution in [2.45, 2.75) is 37.8 Å². The molecule has 1 unspecified atom stereocenters. The van der Waals surface area contributed by atoms with Crippen molar-refractivity contribution in [2.24, 2.45) is 0 Å². The van der Waals surface area contributed by atoms with Crippen molar-refractivity contribution in [1.29, 1.82) is 0 Å². The number of aliphatic hydroxyl groups is 1. The predicted molar refractivity (Wildman–Crippen MR) is 71.7 cm³/mol. The summed E-state index contributed by atoms with van der Waals surface area (Å²) in [4.78, 5) is 0. The molecule has 1 atom stereocenters. The largest absolute Gasteiger partial charge is 0.394 e. The Hall–Kier alpha value is -0.280. The van der Waals surface area contributed by atoms with Gasteiger partial charge in [-0.05, 0) is 24.5 Å². The van der Waals surface area contributed by atoms with E-state index < -0.39 is 0 Å². The van der Waals surface area contributed by atoms with Gasteiger partial charge in [0.25, 0.3) is 0 Å². The van der Waals surface area contributed by atoms with Gasteiger partial charge in [-0.25, -0.2) is 0 Å². The summed E-state index contributed by atoms with van der Waals surface area (Å²) in [6.07, 6.45) is 4.88. The number of nitrogens with one attached hydrogen (secondary N) is 1. The maximum Gasteiger partial charge on any atom is 0.0640 e. The first kappa shape index (κ1) is 13.2. The smallest absolute Gasteiger partial charge is 0.0640 e. The second kappa shape index (κ2) is 6.05. The molecule has 1 aliphatic carbocycles. The SMILES string of the molecule is OCC(NC1CCCC1)c1cccc(Cl)c1Cl. The fourth-order valence-electron chi connectivity index (χ4n) is 2.41.